The highest BCUT2D eigenvalue weighted by atomic mass is 19.1. The first-order valence-corrected chi connectivity index (χ1v) is 10.5. The third kappa shape index (κ3) is 5.58. The molecule has 3 N–H and O–H groups in total. The predicted molar refractivity (Wildman–Crippen MR) is 123 cm³/mol. The summed E-state index contributed by atoms with van der Waals surface area (Å²) < 4.78 is 20.8. The highest BCUT2D eigenvalue weighted by molar-refractivity contribution is 5.93. The largest absolute Gasteiger partial charge is 0.481 e. The Hall–Kier alpha value is -4.21. The van der Waals surface area contributed by atoms with Crippen molar-refractivity contribution in [2.45, 2.75) is 19.4 Å². The Labute approximate surface area is 196 Å². The molecule has 3 aromatic rings. The van der Waals surface area contributed by atoms with Gasteiger partial charge in [0.05, 0.1) is 26.1 Å². The van der Waals surface area contributed by atoms with Gasteiger partial charge in [0.1, 0.15) is 11.5 Å². The van der Waals surface area contributed by atoms with Crippen molar-refractivity contribution in [2.75, 3.05) is 20.7 Å². The van der Waals surface area contributed by atoms with Crippen LogP contribution in [-0.2, 0) is 9.59 Å². The van der Waals surface area contributed by atoms with Crippen LogP contribution in [0.5, 0.6) is 5.88 Å². The number of hydrogen-bond acceptors (Lipinski definition) is 5. The average Bonchev–Trinajstić information content (AvgIpc) is 3.23. The van der Waals surface area contributed by atoms with E-state index in [1.807, 2.05) is 19.1 Å². The van der Waals surface area contributed by atoms with Crippen LogP contribution < -0.4 is 15.8 Å². The van der Waals surface area contributed by atoms with Gasteiger partial charge in [0.15, 0.2) is 5.69 Å². The third-order valence-electron chi connectivity index (χ3n) is 5.27. The van der Waals surface area contributed by atoms with Gasteiger partial charge >= 0.3 is 0 Å². The summed E-state index contributed by atoms with van der Waals surface area (Å²) in [5.74, 6) is -1.95. The lowest BCUT2D eigenvalue weighted by Crippen LogP contribution is -2.38. The molecular formula is C24H26FN5O4. The monoisotopic (exact) mass is 467 g/mol. The molecule has 3 amide bonds. The minimum Gasteiger partial charge on any atom is -0.481 e. The van der Waals surface area contributed by atoms with Gasteiger partial charge in [-0.25, -0.2) is 4.39 Å². The number of benzene rings is 2. The van der Waals surface area contributed by atoms with Gasteiger partial charge in [-0.05, 0) is 30.2 Å². The molecule has 0 saturated heterocycles. The zero-order chi connectivity index (χ0) is 24.8. The van der Waals surface area contributed by atoms with Crippen molar-refractivity contribution in [3.8, 4) is 11.6 Å². The molecule has 3 rings (SSSR count). The molecule has 2 aromatic carbocycles. The number of para-hydroxylation sites is 1. The molecule has 34 heavy (non-hydrogen) atoms. The molecule has 0 fully saturated rings. The molecule has 0 saturated carbocycles. The van der Waals surface area contributed by atoms with Crippen molar-refractivity contribution in [3.05, 3.63) is 77.2 Å². The van der Waals surface area contributed by atoms with E-state index in [9.17, 15) is 18.8 Å². The number of aryl methyl sites for hydroxylation is 1. The second kappa shape index (κ2) is 10.6. The number of nitrogens with two attached hydrogens (primary N) is 1. The minimum atomic E-state index is -0.707. The molecule has 0 aliphatic heterocycles. The van der Waals surface area contributed by atoms with Gasteiger partial charge in [0.2, 0.25) is 17.7 Å². The number of carbonyl (C=O) groups is 3. The summed E-state index contributed by atoms with van der Waals surface area (Å²) in [6, 6.07) is 14.0. The van der Waals surface area contributed by atoms with Crippen LogP contribution in [-0.4, -0.2) is 53.1 Å². The number of carbonyl (C=O) groups excluding carboxylic acids is 3. The molecule has 0 aliphatic rings. The van der Waals surface area contributed by atoms with Gasteiger partial charge in [-0.15, -0.1) is 0 Å². The average molecular weight is 468 g/mol. The van der Waals surface area contributed by atoms with Gasteiger partial charge in [-0.1, -0.05) is 36.4 Å². The van der Waals surface area contributed by atoms with E-state index < -0.39 is 23.7 Å². The van der Waals surface area contributed by atoms with Gasteiger partial charge in [0, 0.05) is 13.1 Å². The van der Waals surface area contributed by atoms with Gasteiger partial charge < -0.3 is 20.7 Å². The fourth-order valence-electron chi connectivity index (χ4n) is 3.52. The summed E-state index contributed by atoms with van der Waals surface area (Å²) in [6.07, 6.45) is -0.106. The highest BCUT2D eigenvalue weighted by Crippen LogP contribution is 2.24. The zero-order valence-electron chi connectivity index (χ0n) is 19.1. The molecule has 0 spiro atoms. The fourth-order valence-corrected chi connectivity index (χ4v) is 3.52. The topological polar surface area (TPSA) is 120 Å². The molecule has 1 heterocycles. The molecule has 1 atom stereocenters. The summed E-state index contributed by atoms with van der Waals surface area (Å²) in [5.41, 5.74) is 6.90. The maximum Gasteiger partial charge on any atom is 0.272 e. The van der Waals surface area contributed by atoms with E-state index >= 15 is 0 Å². The Balaban J connectivity index is 1.90. The predicted octanol–water partition coefficient (Wildman–Crippen LogP) is 2.13. The number of ether oxygens (including phenoxy) is 1. The van der Waals surface area contributed by atoms with Crippen LogP contribution >= 0.6 is 0 Å². The molecular weight excluding hydrogens is 441 g/mol. The number of amides is 3. The van der Waals surface area contributed by atoms with Crippen molar-refractivity contribution in [1.82, 2.24) is 20.0 Å². The van der Waals surface area contributed by atoms with E-state index in [0.29, 0.717) is 0 Å². The summed E-state index contributed by atoms with van der Waals surface area (Å²) in [4.78, 5) is 38.2. The smallest absolute Gasteiger partial charge is 0.272 e. The van der Waals surface area contributed by atoms with Crippen LogP contribution in [0, 0.1) is 12.7 Å². The van der Waals surface area contributed by atoms with Crippen molar-refractivity contribution in [3.63, 3.8) is 0 Å². The first-order valence-electron chi connectivity index (χ1n) is 10.5. The van der Waals surface area contributed by atoms with Crippen LogP contribution in [0.3, 0.4) is 0 Å². The maximum absolute atomic E-state index is 14.3. The molecule has 9 nitrogen and oxygen atoms in total. The summed E-state index contributed by atoms with van der Waals surface area (Å²) in [7, 11) is 2.85. The molecule has 10 heteroatoms. The second-order valence-electron chi connectivity index (χ2n) is 7.74. The Kier molecular flexibility index (Phi) is 7.62. The van der Waals surface area contributed by atoms with Crippen molar-refractivity contribution >= 4 is 17.7 Å². The number of primary amides is 1. The second-order valence-corrected chi connectivity index (χ2v) is 7.74. The number of halogens is 1. The number of methoxy groups -OCH3 is 1. The molecule has 0 aliphatic carbocycles. The summed E-state index contributed by atoms with van der Waals surface area (Å²) in [5, 5.41) is 7.05. The Morgan fingerprint density at radius 2 is 1.85 bits per heavy atom. The molecule has 0 unspecified atom stereocenters. The van der Waals surface area contributed by atoms with E-state index in [1.165, 1.54) is 41.9 Å². The zero-order valence-corrected chi connectivity index (χ0v) is 19.1. The molecule has 0 radical (unpaired) electrons. The lowest BCUT2D eigenvalue weighted by Gasteiger charge is -2.23. The number of nitrogens with one attached hydrogen (secondary N) is 1. The third-order valence-corrected chi connectivity index (χ3v) is 5.27. The number of aromatic nitrogens is 2. The lowest BCUT2D eigenvalue weighted by molar-refractivity contribution is -0.134. The summed E-state index contributed by atoms with van der Waals surface area (Å²) in [6.45, 7) is 1.62. The minimum absolute atomic E-state index is 0.0170. The quantitative estimate of drug-likeness (QED) is 0.500. The molecule has 0 bridgehead atoms. The maximum atomic E-state index is 14.3. The molecule has 1 aromatic heterocycles. The number of nitrogens with zero attached hydrogens (tertiary/aromatic N) is 3. The van der Waals surface area contributed by atoms with Crippen LogP contribution in [0.25, 0.3) is 5.69 Å². The lowest BCUT2D eigenvalue weighted by atomic mass is 9.98. The first kappa shape index (κ1) is 24.4. The number of hydrogen-bond donors (Lipinski definition) is 2. The fraction of sp³-hybridized carbons (Fsp3) is 0.250. The van der Waals surface area contributed by atoms with Crippen molar-refractivity contribution < 1.29 is 23.5 Å². The van der Waals surface area contributed by atoms with E-state index in [4.69, 9.17) is 10.5 Å². The van der Waals surface area contributed by atoms with E-state index in [2.05, 4.69) is 10.4 Å². The Morgan fingerprint density at radius 1 is 1.18 bits per heavy atom. The Bertz CT molecular complexity index is 1210. The van der Waals surface area contributed by atoms with E-state index in [-0.39, 0.29) is 36.1 Å². The van der Waals surface area contributed by atoms with Crippen LogP contribution in [0.1, 0.15) is 34.1 Å². The van der Waals surface area contributed by atoms with E-state index in [1.54, 1.807) is 24.3 Å². The molecule has 178 valence electrons. The number of likely N-dealkylation sites (N-methyl/N-ethyl adjacent to an activating group) is 1. The van der Waals surface area contributed by atoms with Gasteiger partial charge in [0.25, 0.3) is 5.91 Å². The van der Waals surface area contributed by atoms with Crippen molar-refractivity contribution in [2.24, 2.45) is 5.73 Å². The van der Waals surface area contributed by atoms with Gasteiger partial charge in [-0.2, -0.15) is 9.78 Å². The highest BCUT2D eigenvalue weighted by Gasteiger charge is 2.25. The SMILES string of the molecule is COc1cc(C(=O)N[C@@H](CC(=O)N(C)CC(N)=O)c2ccccc2C)nn1-c1ccccc1F. The van der Waals surface area contributed by atoms with E-state index in [0.717, 1.165) is 11.1 Å². The van der Waals surface area contributed by atoms with Crippen molar-refractivity contribution in [1.29, 1.82) is 0 Å². The summed E-state index contributed by atoms with van der Waals surface area (Å²) >= 11 is 0. The Morgan fingerprint density at radius 3 is 2.50 bits per heavy atom. The van der Waals surface area contributed by atoms with Crippen LogP contribution in [0.2, 0.25) is 0 Å². The van der Waals surface area contributed by atoms with Crippen LogP contribution in [0.4, 0.5) is 4.39 Å². The first-order chi connectivity index (χ1) is 16.2. The number of rotatable bonds is 9. The standard InChI is InChI=1S/C24H26FN5O4/c1-15-8-4-5-9-16(15)18(12-22(32)29(2)14-21(26)31)27-24(33)19-13-23(34-3)30(28-19)20-11-7-6-10-17(20)25/h4-11,13,18H,12,14H2,1-3H3,(H2,26,31)(H,27,33)/t18-/m0/s1. The normalized spacial score (nSPS) is 11.5. The van der Waals surface area contributed by atoms with Gasteiger partial charge in [-0.3, -0.25) is 14.4 Å². The van der Waals surface area contributed by atoms with Crippen LogP contribution in [0.15, 0.2) is 54.6 Å².